The molecule has 0 unspecified atom stereocenters. The van der Waals surface area contributed by atoms with Crippen molar-refractivity contribution in [2.45, 2.75) is 19.4 Å². The summed E-state index contributed by atoms with van der Waals surface area (Å²) in [6, 6.07) is 2.93. The van der Waals surface area contributed by atoms with E-state index in [0.29, 0.717) is 0 Å². The molecule has 31 heavy (non-hydrogen) atoms. The Bertz CT molecular complexity index is 1040. The number of rotatable bonds is 7. The Hall–Kier alpha value is -3.77. The van der Waals surface area contributed by atoms with Gasteiger partial charge in [-0.3, -0.25) is 10.00 Å². The summed E-state index contributed by atoms with van der Waals surface area (Å²) in [5.74, 6) is -1.12. The molecular formula is C18H15F5N6O2. The van der Waals surface area contributed by atoms with Gasteiger partial charge in [0.05, 0.1) is 43.0 Å². The number of benzene rings is 1. The number of halogens is 5. The Labute approximate surface area is 172 Å². The van der Waals surface area contributed by atoms with Crippen LogP contribution in [0.1, 0.15) is 29.8 Å². The number of nitrogens with one attached hydrogen (secondary N) is 2. The summed E-state index contributed by atoms with van der Waals surface area (Å²) in [5.41, 5.74) is -1.20. The molecular weight excluding hydrogens is 427 g/mol. The Balaban J connectivity index is 1.88. The van der Waals surface area contributed by atoms with E-state index in [2.05, 4.69) is 25.5 Å². The average Bonchev–Trinajstić information content (AvgIpc) is 3.22. The van der Waals surface area contributed by atoms with Crippen molar-refractivity contribution in [3.05, 3.63) is 59.4 Å². The molecule has 0 saturated heterocycles. The summed E-state index contributed by atoms with van der Waals surface area (Å²) in [6.45, 7) is -0.284. The molecule has 0 bridgehead atoms. The number of anilines is 2. The topological polar surface area (TPSA) is 96.0 Å². The molecule has 0 aliphatic rings. The molecule has 2 N–H and O–H groups in total. The Morgan fingerprint density at radius 3 is 2.45 bits per heavy atom. The van der Waals surface area contributed by atoms with Crippen LogP contribution >= 0.6 is 0 Å². The lowest BCUT2D eigenvalue weighted by Crippen LogP contribution is -2.35. The quantitative estimate of drug-likeness (QED) is 0.527. The van der Waals surface area contributed by atoms with E-state index < -0.39 is 36.0 Å². The molecule has 1 aromatic carbocycles. The van der Waals surface area contributed by atoms with E-state index >= 15 is 0 Å². The number of nitrogens with zero attached hydrogens (tertiary/aromatic N) is 4. The van der Waals surface area contributed by atoms with Crippen LogP contribution in [0.15, 0.2) is 36.7 Å². The van der Waals surface area contributed by atoms with Crippen molar-refractivity contribution in [1.82, 2.24) is 20.2 Å². The van der Waals surface area contributed by atoms with E-state index in [1.165, 1.54) is 19.5 Å². The van der Waals surface area contributed by atoms with E-state index in [1.807, 2.05) is 0 Å². The number of methoxy groups -OCH3 is 1. The molecule has 2 aromatic heterocycles. The molecule has 0 fully saturated rings. The number of hydrogen-bond donors (Lipinski definition) is 2. The van der Waals surface area contributed by atoms with Crippen LogP contribution < -0.4 is 15.0 Å². The van der Waals surface area contributed by atoms with E-state index in [1.54, 1.807) is 0 Å². The lowest BCUT2D eigenvalue weighted by molar-refractivity contribution is 0.145. The van der Waals surface area contributed by atoms with Crippen molar-refractivity contribution in [2.75, 3.05) is 17.3 Å². The van der Waals surface area contributed by atoms with Gasteiger partial charge in [-0.05, 0) is 24.3 Å². The van der Waals surface area contributed by atoms with Crippen LogP contribution in [0.4, 0.5) is 38.1 Å². The molecule has 13 heteroatoms. The molecule has 164 valence electrons. The Kier molecular flexibility index (Phi) is 6.62. The summed E-state index contributed by atoms with van der Waals surface area (Å²) in [7, 11) is 1.34. The Morgan fingerprint density at radius 1 is 1.16 bits per heavy atom. The highest BCUT2D eigenvalue weighted by atomic mass is 19.3. The van der Waals surface area contributed by atoms with Crippen LogP contribution in [0.2, 0.25) is 0 Å². The van der Waals surface area contributed by atoms with Crippen LogP contribution in [0, 0.1) is 5.82 Å². The van der Waals surface area contributed by atoms with Crippen molar-refractivity contribution in [1.29, 1.82) is 0 Å². The number of aromatic amines is 1. The molecule has 8 nitrogen and oxygen atoms in total. The van der Waals surface area contributed by atoms with Crippen LogP contribution in [-0.2, 0) is 6.54 Å². The molecule has 0 aliphatic heterocycles. The molecule has 0 radical (unpaired) electrons. The largest absolute Gasteiger partial charge is 0.467 e. The van der Waals surface area contributed by atoms with Gasteiger partial charge in [-0.2, -0.15) is 5.10 Å². The first-order valence-corrected chi connectivity index (χ1v) is 8.63. The van der Waals surface area contributed by atoms with Gasteiger partial charge in [0.2, 0.25) is 0 Å². The van der Waals surface area contributed by atoms with Crippen LogP contribution in [0.3, 0.4) is 0 Å². The maximum Gasteiger partial charge on any atom is 0.326 e. The number of carbonyl (C=O) groups excluding carboxylic acids is 1. The molecule has 3 aromatic rings. The fourth-order valence-corrected chi connectivity index (χ4v) is 2.55. The predicted octanol–water partition coefficient (Wildman–Crippen LogP) is 4.46. The second kappa shape index (κ2) is 9.36. The highest BCUT2D eigenvalue weighted by Gasteiger charge is 2.22. The lowest BCUT2D eigenvalue weighted by Gasteiger charge is -2.22. The third-order valence-electron chi connectivity index (χ3n) is 4.04. The zero-order chi connectivity index (χ0) is 22.5. The zero-order valence-corrected chi connectivity index (χ0v) is 15.8. The molecule has 0 spiro atoms. The predicted molar refractivity (Wildman–Crippen MR) is 98.7 cm³/mol. The van der Waals surface area contributed by atoms with Gasteiger partial charge in [0, 0.05) is 5.69 Å². The van der Waals surface area contributed by atoms with Crippen molar-refractivity contribution in [2.24, 2.45) is 0 Å². The number of carbonyl (C=O) groups is 1. The highest BCUT2D eigenvalue weighted by molar-refractivity contribution is 6.01. The fraction of sp³-hybridized carbons (Fsp3) is 0.222. The summed E-state index contributed by atoms with van der Waals surface area (Å²) in [6.07, 6.45) is -3.40. The lowest BCUT2D eigenvalue weighted by atomic mass is 10.2. The second-order valence-corrected chi connectivity index (χ2v) is 6.10. The smallest absolute Gasteiger partial charge is 0.326 e. The first-order chi connectivity index (χ1) is 14.8. The SMILES string of the molecule is COc1ncc(N(Cc2cc(C(F)F)[nH]n2)C(=O)Nc2ccc(F)c(C(F)F)c2)cn1. The number of H-pyrrole nitrogens is 1. The monoisotopic (exact) mass is 442 g/mol. The maximum atomic E-state index is 13.5. The molecule has 2 amide bonds. The number of ether oxygens (including phenoxy) is 1. The van der Waals surface area contributed by atoms with Gasteiger partial charge in [-0.25, -0.2) is 36.7 Å². The van der Waals surface area contributed by atoms with Gasteiger partial charge in [0.1, 0.15) is 11.5 Å². The standard InChI is InChI=1S/C18H15F5N6O2/c1-31-17-24-6-11(7-25-17)29(8-10-5-14(16(22)23)28-27-10)18(30)26-9-2-3-13(19)12(4-9)15(20)21/h2-7,15-16H,8H2,1H3,(H,26,30)(H,27,28). The summed E-state index contributed by atoms with van der Waals surface area (Å²) in [4.78, 5) is 21.6. The van der Waals surface area contributed by atoms with E-state index in [-0.39, 0.29) is 29.6 Å². The zero-order valence-electron chi connectivity index (χ0n) is 15.8. The van der Waals surface area contributed by atoms with E-state index in [0.717, 1.165) is 29.2 Å². The molecule has 3 rings (SSSR count). The number of alkyl halides is 4. The first-order valence-electron chi connectivity index (χ1n) is 8.63. The molecule has 0 atom stereocenters. The average molecular weight is 442 g/mol. The van der Waals surface area contributed by atoms with Crippen LogP contribution in [0.5, 0.6) is 6.01 Å². The fourth-order valence-electron chi connectivity index (χ4n) is 2.55. The third-order valence-corrected chi connectivity index (χ3v) is 4.04. The number of aromatic nitrogens is 4. The minimum atomic E-state index is -3.08. The van der Waals surface area contributed by atoms with E-state index in [9.17, 15) is 26.7 Å². The van der Waals surface area contributed by atoms with Crippen molar-refractivity contribution in [3.8, 4) is 6.01 Å². The van der Waals surface area contributed by atoms with Crippen LogP contribution in [-0.4, -0.2) is 33.3 Å². The minimum Gasteiger partial charge on any atom is -0.467 e. The maximum absolute atomic E-state index is 13.5. The first kappa shape index (κ1) is 21.9. The van der Waals surface area contributed by atoms with Gasteiger partial charge in [-0.1, -0.05) is 0 Å². The second-order valence-electron chi connectivity index (χ2n) is 6.10. The minimum absolute atomic E-state index is 0.0176. The number of urea groups is 1. The van der Waals surface area contributed by atoms with Crippen molar-refractivity contribution < 1.29 is 31.5 Å². The van der Waals surface area contributed by atoms with Crippen molar-refractivity contribution in [3.63, 3.8) is 0 Å². The summed E-state index contributed by atoms with van der Waals surface area (Å²) < 4.78 is 69.8. The van der Waals surface area contributed by atoms with Gasteiger partial charge < -0.3 is 10.1 Å². The van der Waals surface area contributed by atoms with Gasteiger partial charge >= 0.3 is 12.0 Å². The van der Waals surface area contributed by atoms with E-state index in [4.69, 9.17) is 4.74 Å². The van der Waals surface area contributed by atoms with Gasteiger partial charge in [-0.15, -0.1) is 0 Å². The summed E-state index contributed by atoms with van der Waals surface area (Å²) >= 11 is 0. The molecule has 2 heterocycles. The van der Waals surface area contributed by atoms with Gasteiger partial charge in [0.25, 0.3) is 12.9 Å². The normalized spacial score (nSPS) is 11.1. The number of amides is 2. The third kappa shape index (κ3) is 5.24. The van der Waals surface area contributed by atoms with Crippen LogP contribution in [0.25, 0.3) is 0 Å². The van der Waals surface area contributed by atoms with Gasteiger partial charge in [0.15, 0.2) is 0 Å². The Morgan fingerprint density at radius 2 is 1.87 bits per heavy atom. The van der Waals surface area contributed by atoms with Crippen molar-refractivity contribution >= 4 is 17.4 Å². The summed E-state index contributed by atoms with van der Waals surface area (Å²) in [5, 5.41) is 8.25. The molecule has 0 aliphatic carbocycles. The molecule has 0 saturated carbocycles. The number of hydrogen-bond acceptors (Lipinski definition) is 5. The highest BCUT2D eigenvalue weighted by Crippen LogP contribution is 2.26.